The summed E-state index contributed by atoms with van der Waals surface area (Å²) in [5.74, 6) is -1.06. The van der Waals surface area contributed by atoms with E-state index >= 15 is 0 Å². The van der Waals surface area contributed by atoms with Crippen LogP contribution in [-0.2, 0) is 20.9 Å². The zero-order valence-electron chi connectivity index (χ0n) is 10.9. The summed E-state index contributed by atoms with van der Waals surface area (Å²) in [4.78, 5) is 24.6. The molecule has 20 heavy (non-hydrogen) atoms. The summed E-state index contributed by atoms with van der Waals surface area (Å²) >= 11 is 1.15. The van der Waals surface area contributed by atoms with E-state index in [2.05, 4.69) is 15.5 Å². The Bertz CT molecular complexity index is 488. The average Bonchev–Trinajstić information content (AvgIpc) is 2.85. The van der Waals surface area contributed by atoms with Crippen LogP contribution in [0.25, 0.3) is 0 Å². The third-order valence-corrected chi connectivity index (χ3v) is 3.80. The molecule has 1 saturated heterocycles. The van der Waals surface area contributed by atoms with Crippen LogP contribution in [0.2, 0.25) is 0 Å². The van der Waals surface area contributed by atoms with Crippen molar-refractivity contribution in [2.24, 2.45) is 0 Å². The van der Waals surface area contributed by atoms with Crippen molar-refractivity contribution in [3.05, 3.63) is 0 Å². The van der Waals surface area contributed by atoms with Crippen molar-refractivity contribution in [2.75, 3.05) is 26.3 Å². The number of tetrazole rings is 1. The molecule has 1 atom stereocenters. The molecule has 1 aromatic rings. The summed E-state index contributed by atoms with van der Waals surface area (Å²) < 4.78 is 6.36. The molecule has 0 bridgehead atoms. The number of aliphatic carboxylic acids is 1. The van der Waals surface area contributed by atoms with Gasteiger partial charge in [0.15, 0.2) is 0 Å². The van der Waals surface area contributed by atoms with E-state index in [4.69, 9.17) is 9.84 Å². The minimum atomic E-state index is -1.04. The summed E-state index contributed by atoms with van der Waals surface area (Å²) in [5.41, 5.74) is 0. The lowest BCUT2D eigenvalue weighted by molar-refractivity contribution is -0.138. The van der Waals surface area contributed by atoms with Crippen molar-refractivity contribution in [3.8, 4) is 0 Å². The first-order valence-electron chi connectivity index (χ1n) is 6.09. The van der Waals surface area contributed by atoms with E-state index in [9.17, 15) is 9.59 Å². The molecule has 1 unspecified atom stereocenters. The van der Waals surface area contributed by atoms with E-state index in [1.165, 1.54) is 0 Å². The molecule has 0 radical (unpaired) electrons. The number of rotatable bonds is 5. The molecule has 1 amide bonds. The van der Waals surface area contributed by atoms with Crippen LogP contribution in [0.5, 0.6) is 0 Å². The molecule has 2 rings (SSSR count). The number of carboxylic acids is 1. The fourth-order valence-electron chi connectivity index (χ4n) is 1.76. The Morgan fingerprint density at radius 2 is 2.15 bits per heavy atom. The molecular weight excluding hydrogens is 286 g/mol. The lowest BCUT2D eigenvalue weighted by Crippen LogP contribution is -2.44. The van der Waals surface area contributed by atoms with E-state index in [0.29, 0.717) is 31.5 Å². The summed E-state index contributed by atoms with van der Waals surface area (Å²) in [6, 6.07) is 0. The van der Waals surface area contributed by atoms with Crippen LogP contribution in [0.1, 0.15) is 6.92 Å². The summed E-state index contributed by atoms with van der Waals surface area (Å²) in [6.45, 7) is 3.66. The van der Waals surface area contributed by atoms with Gasteiger partial charge in [-0.25, -0.2) is 4.68 Å². The van der Waals surface area contributed by atoms with Gasteiger partial charge in [-0.3, -0.25) is 9.59 Å². The van der Waals surface area contributed by atoms with Crippen LogP contribution in [0.3, 0.4) is 0 Å². The van der Waals surface area contributed by atoms with E-state index in [-0.39, 0.29) is 17.7 Å². The molecule has 0 aromatic carbocycles. The lowest BCUT2D eigenvalue weighted by atomic mass is 10.3. The quantitative estimate of drug-likeness (QED) is 0.696. The van der Waals surface area contributed by atoms with Gasteiger partial charge < -0.3 is 14.7 Å². The van der Waals surface area contributed by atoms with Crippen LogP contribution >= 0.6 is 11.8 Å². The molecule has 0 spiro atoms. The maximum absolute atomic E-state index is 12.2. The van der Waals surface area contributed by atoms with Gasteiger partial charge in [0, 0.05) is 13.1 Å². The number of amides is 1. The van der Waals surface area contributed by atoms with Crippen molar-refractivity contribution >= 4 is 23.6 Å². The summed E-state index contributed by atoms with van der Waals surface area (Å²) in [7, 11) is 0. The van der Waals surface area contributed by atoms with Gasteiger partial charge in [0.1, 0.15) is 6.54 Å². The van der Waals surface area contributed by atoms with E-state index < -0.39 is 5.97 Å². The normalized spacial score (nSPS) is 16.9. The molecule has 1 aromatic heterocycles. The van der Waals surface area contributed by atoms with Crippen LogP contribution in [0.15, 0.2) is 5.16 Å². The third-order valence-electron chi connectivity index (χ3n) is 2.74. The number of thioether (sulfide) groups is 1. The molecule has 1 aliphatic heterocycles. The number of carbonyl (C=O) groups is 2. The maximum Gasteiger partial charge on any atom is 0.325 e. The monoisotopic (exact) mass is 301 g/mol. The SMILES string of the molecule is CC(Sc1nnnn1CC(=O)O)C(=O)N1CCOCC1. The Kier molecular flexibility index (Phi) is 4.90. The van der Waals surface area contributed by atoms with Gasteiger partial charge in [-0.2, -0.15) is 0 Å². The van der Waals surface area contributed by atoms with Crippen LogP contribution in [0.4, 0.5) is 0 Å². The Hall–Kier alpha value is -1.68. The largest absolute Gasteiger partial charge is 0.480 e. The third kappa shape index (κ3) is 3.67. The Labute approximate surface area is 119 Å². The second-order valence-electron chi connectivity index (χ2n) is 4.21. The highest BCUT2D eigenvalue weighted by atomic mass is 32.2. The van der Waals surface area contributed by atoms with Crippen molar-refractivity contribution in [1.29, 1.82) is 0 Å². The Morgan fingerprint density at radius 3 is 2.80 bits per heavy atom. The standard InChI is InChI=1S/C10H15N5O4S/c1-7(9(18)14-2-4-19-5-3-14)20-10-11-12-13-15(10)6-8(16)17/h7H,2-6H2,1H3,(H,16,17). The molecule has 0 aliphatic carbocycles. The van der Waals surface area contributed by atoms with E-state index in [0.717, 1.165) is 16.4 Å². The number of ether oxygens (including phenoxy) is 1. The minimum absolute atomic E-state index is 0.0248. The molecule has 1 aliphatic rings. The Balaban J connectivity index is 1.96. The second kappa shape index (κ2) is 6.66. The van der Waals surface area contributed by atoms with Crippen LogP contribution in [-0.4, -0.2) is 73.6 Å². The highest BCUT2D eigenvalue weighted by molar-refractivity contribution is 8.00. The van der Waals surface area contributed by atoms with Gasteiger partial charge >= 0.3 is 5.97 Å². The van der Waals surface area contributed by atoms with Gasteiger partial charge in [-0.1, -0.05) is 11.8 Å². The number of aromatic nitrogens is 4. The number of morpholine rings is 1. The fraction of sp³-hybridized carbons (Fsp3) is 0.700. The number of hydrogen-bond donors (Lipinski definition) is 1. The lowest BCUT2D eigenvalue weighted by Gasteiger charge is -2.28. The predicted molar refractivity (Wildman–Crippen MR) is 68.2 cm³/mol. The van der Waals surface area contributed by atoms with Gasteiger partial charge in [0.05, 0.1) is 18.5 Å². The molecule has 1 fully saturated rings. The molecule has 1 N–H and O–H groups in total. The second-order valence-corrected chi connectivity index (χ2v) is 5.52. The summed E-state index contributed by atoms with van der Waals surface area (Å²) in [5, 5.41) is 19.4. The van der Waals surface area contributed by atoms with Gasteiger partial charge in [-0.05, 0) is 17.4 Å². The Morgan fingerprint density at radius 1 is 1.45 bits per heavy atom. The summed E-state index contributed by atoms with van der Waals surface area (Å²) in [6.07, 6.45) is 0. The van der Waals surface area contributed by atoms with Gasteiger partial charge in [0.25, 0.3) is 0 Å². The molecule has 2 heterocycles. The van der Waals surface area contributed by atoms with Gasteiger partial charge in [0.2, 0.25) is 11.1 Å². The predicted octanol–water partition coefficient (Wildman–Crippen LogP) is -0.903. The first-order chi connectivity index (χ1) is 9.58. The van der Waals surface area contributed by atoms with Crippen molar-refractivity contribution in [3.63, 3.8) is 0 Å². The zero-order chi connectivity index (χ0) is 14.5. The minimum Gasteiger partial charge on any atom is -0.480 e. The topological polar surface area (TPSA) is 110 Å². The van der Waals surface area contributed by atoms with Crippen LogP contribution in [0, 0.1) is 0 Å². The molecule has 10 heteroatoms. The van der Waals surface area contributed by atoms with Crippen molar-refractivity contribution in [1.82, 2.24) is 25.1 Å². The highest BCUT2D eigenvalue weighted by Crippen LogP contribution is 2.22. The first-order valence-corrected chi connectivity index (χ1v) is 6.97. The average molecular weight is 301 g/mol. The number of carbonyl (C=O) groups excluding carboxylic acids is 1. The highest BCUT2D eigenvalue weighted by Gasteiger charge is 2.25. The fourth-order valence-corrected chi connectivity index (χ4v) is 2.63. The van der Waals surface area contributed by atoms with Crippen molar-refractivity contribution < 1.29 is 19.4 Å². The van der Waals surface area contributed by atoms with Crippen LogP contribution < -0.4 is 0 Å². The van der Waals surface area contributed by atoms with Crippen molar-refractivity contribution in [2.45, 2.75) is 23.9 Å². The first kappa shape index (κ1) is 14.7. The zero-order valence-corrected chi connectivity index (χ0v) is 11.7. The molecular formula is C10H15N5O4S. The van der Waals surface area contributed by atoms with E-state index in [1.807, 2.05) is 0 Å². The van der Waals surface area contributed by atoms with E-state index in [1.54, 1.807) is 11.8 Å². The molecule has 0 saturated carbocycles. The van der Waals surface area contributed by atoms with Gasteiger partial charge in [-0.15, -0.1) is 5.10 Å². The maximum atomic E-state index is 12.2. The number of hydrogen-bond acceptors (Lipinski definition) is 7. The number of nitrogens with zero attached hydrogens (tertiary/aromatic N) is 5. The molecule has 110 valence electrons. The smallest absolute Gasteiger partial charge is 0.325 e. The number of carboxylic acid groups (broad SMARTS) is 1. The molecule has 9 nitrogen and oxygen atoms in total.